The van der Waals surface area contributed by atoms with E-state index in [1.807, 2.05) is 30.0 Å². The van der Waals surface area contributed by atoms with Gasteiger partial charge in [0.1, 0.15) is 17.6 Å². The zero-order valence-electron chi connectivity index (χ0n) is 15.2. The molecule has 2 aromatic carbocycles. The minimum absolute atomic E-state index is 0.315. The van der Waals surface area contributed by atoms with E-state index in [9.17, 15) is 14.3 Å². The minimum Gasteiger partial charge on any atom is -0.494 e. The fourth-order valence-corrected chi connectivity index (χ4v) is 4.12. The quantitative estimate of drug-likeness (QED) is 0.692. The number of piperidine rings is 1. The highest BCUT2D eigenvalue weighted by molar-refractivity contribution is 9.10. The molecule has 0 aliphatic carbocycles. The maximum atomic E-state index is 13.5. The van der Waals surface area contributed by atoms with E-state index in [1.54, 1.807) is 12.1 Å². The molecule has 0 aromatic heterocycles. The van der Waals surface area contributed by atoms with Gasteiger partial charge in [0.15, 0.2) is 0 Å². The van der Waals surface area contributed by atoms with Crippen LogP contribution in [0, 0.1) is 5.82 Å². The number of carbonyl (C=O) groups is 1. The smallest absolute Gasteiger partial charge is 0.320 e. The zero-order valence-corrected chi connectivity index (χ0v) is 16.8. The summed E-state index contributed by atoms with van der Waals surface area (Å²) in [5.74, 6) is -0.426. The Kier molecular flexibility index (Phi) is 6.50. The Morgan fingerprint density at radius 1 is 1.30 bits per heavy atom. The summed E-state index contributed by atoms with van der Waals surface area (Å²) in [5, 5.41) is 9.78. The Balaban J connectivity index is 2.14. The van der Waals surface area contributed by atoms with Gasteiger partial charge in [0, 0.05) is 10.0 Å². The van der Waals surface area contributed by atoms with Gasteiger partial charge in [-0.25, -0.2) is 4.39 Å². The Bertz CT molecular complexity index is 797. The highest BCUT2D eigenvalue weighted by Crippen LogP contribution is 2.39. The predicted octanol–water partition coefficient (Wildman–Crippen LogP) is 5.02. The van der Waals surface area contributed by atoms with E-state index < -0.39 is 12.0 Å². The third kappa shape index (κ3) is 4.50. The summed E-state index contributed by atoms with van der Waals surface area (Å²) in [6.45, 7) is 3.09. The van der Waals surface area contributed by atoms with Crippen molar-refractivity contribution in [3.05, 3.63) is 63.9 Å². The van der Waals surface area contributed by atoms with Gasteiger partial charge in [-0.3, -0.25) is 9.69 Å². The zero-order chi connectivity index (χ0) is 19.4. The first kappa shape index (κ1) is 19.8. The summed E-state index contributed by atoms with van der Waals surface area (Å²) in [5.41, 5.74) is 1.73. The number of hydrogen-bond acceptors (Lipinski definition) is 3. The van der Waals surface area contributed by atoms with E-state index >= 15 is 0 Å². The second-order valence-electron chi connectivity index (χ2n) is 6.66. The van der Waals surface area contributed by atoms with Crippen molar-refractivity contribution in [3.8, 4) is 5.75 Å². The molecule has 0 bridgehead atoms. The predicted molar refractivity (Wildman–Crippen MR) is 106 cm³/mol. The fraction of sp³-hybridized carbons (Fsp3) is 0.381. The first-order valence-corrected chi connectivity index (χ1v) is 9.96. The Labute approximate surface area is 167 Å². The first-order valence-electron chi connectivity index (χ1n) is 9.17. The number of benzene rings is 2. The van der Waals surface area contributed by atoms with E-state index in [2.05, 4.69) is 15.9 Å². The fourth-order valence-electron chi connectivity index (χ4n) is 3.74. The van der Waals surface area contributed by atoms with Crippen molar-refractivity contribution < 1.29 is 19.0 Å². The molecule has 0 spiro atoms. The maximum absolute atomic E-state index is 13.5. The lowest BCUT2D eigenvalue weighted by Gasteiger charge is -2.40. The number of halogens is 2. The lowest BCUT2D eigenvalue weighted by molar-refractivity contribution is -0.145. The van der Waals surface area contributed by atoms with Gasteiger partial charge in [-0.1, -0.05) is 34.5 Å². The van der Waals surface area contributed by atoms with Crippen LogP contribution >= 0.6 is 15.9 Å². The molecule has 6 heteroatoms. The van der Waals surface area contributed by atoms with Crippen molar-refractivity contribution in [1.82, 2.24) is 4.90 Å². The van der Waals surface area contributed by atoms with E-state index in [0.29, 0.717) is 25.3 Å². The molecule has 0 saturated carbocycles. The molecule has 1 aliphatic rings. The van der Waals surface area contributed by atoms with Crippen LogP contribution in [0.1, 0.15) is 43.4 Å². The molecular weight excluding hydrogens is 413 g/mol. The molecule has 144 valence electrons. The van der Waals surface area contributed by atoms with Crippen LogP contribution in [0.2, 0.25) is 0 Å². The highest BCUT2D eigenvalue weighted by atomic mass is 79.9. The lowest BCUT2D eigenvalue weighted by atomic mass is 9.91. The van der Waals surface area contributed by atoms with Gasteiger partial charge in [-0.05, 0) is 62.2 Å². The summed E-state index contributed by atoms with van der Waals surface area (Å²) >= 11 is 3.52. The Morgan fingerprint density at radius 2 is 2.04 bits per heavy atom. The lowest BCUT2D eigenvalue weighted by Crippen LogP contribution is -2.46. The number of ether oxygens (including phenoxy) is 1. The molecular formula is C21H23BrFNO3. The summed E-state index contributed by atoms with van der Waals surface area (Å²) in [4.78, 5) is 13.9. The molecule has 4 nitrogen and oxygen atoms in total. The maximum Gasteiger partial charge on any atom is 0.320 e. The third-order valence-electron chi connectivity index (χ3n) is 4.91. The van der Waals surface area contributed by atoms with E-state index in [4.69, 9.17) is 4.74 Å². The SMILES string of the molecule is CCOc1ccc(Br)cc1C(c1ccc(F)cc1)N1CCCCC1C(=O)O. The molecule has 1 saturated heterocycles. The number of likely N-dealkylation sites (tertiary alicyclic amines) is 1. The molecule has 1 aliphatic heterocycles. The van der Waals surface area contributed by atoms with Gasteiger partial charge in [-0.2, -0.15) is 0 Å². The van der Waals surface area contributed by atoms with E-state index in [0.717, 1.165) is 28.4 Å². The van der Waals surface area contributed by atoms with Crippen molar-refractivity contribution >= 4 is 21.9 Å². The molecule has 2 unspecified atom stereocenters. The molecule has 0 radical (unpaired) electrons. The van der Waals surface area contributed by atoms with Crippen LogP contribution in [0.5, 0.6) is 5.75 Å². The van der Waals surface area contributed by atoms with Gasteiger partial charge in [0.05, 0.1) is 12.6 Å². The largest absolute Gasteiger partial charge is 0.494 e. The highest BCUT2D eigenvalue weighted by Gasteiger charge is 2.36. The normalized spacial score (nSPS) is 18.9. The van der Waals surface area contributed by atoms with Crippen molar-refractivity contribution in [2.75, 3.05) is 13.2 Å². The van der Waals surface area contributed by atoms with Crippen LogP contribution in [0.3, 0.4) is 0 Å². The number of aliphatic carboxylic acids is 1. The third-order valence-corrected chi connectivity index (χ3v) is 5.41. The summed E-state index contributed by atoms with van der Waals surface area (Å²) in [7, 11) is 0. The van der Waals surface area contributed by atoms with Crippen LogP contribution in [0.25, 0.3) is 0 Å². The van der Waals surface area contributed by atoms with Crippen molar-refractivity contribution in [1.29, 1.82) is 0 Å². The van der Waals surface area contributed by atoms with E-state index in [1.165, 1.54) is 12.1 Å². The van der Waals surface area contributed by atoms with Crippen molar-refractivity contribution in [2.24, 2.45) is 0 Å². The summed E-state index contributed by atoms with van der Waals surface area (Å²) in [6.07, 6.45) is 2.42. The number of rotatable bonds is 6. The number of hydrogen-bond donors (Lipinski definition) is 1. The average molecular weight is 436 g/mol. The topological polar surface area (TPSA) is 49.8 Å². The second kappa shape index (κ2) is 8.85. The standard InChI is InChI=1S/C21H23BrFNO3/c1-2-27-19-11-8-15(22)13-17(19)20(14-6-9-16(23)10-7-14)24-12-4-3-5-18(24)21(25)26/h6-11,13,18,20H,2-5,12H2,1H3,(H,25,26). The molecule has 27 heavy (non-hydrogen) atoms. The molecule has 2 aromatic rings. The average Bonchev–Trinajstić information content (AvgIpc) is 2.66. The van der Waals surface area contributed by atoms with Crippen LogP contribution < -0.4 is 4.74 Å². The minimum atomic E-state index is -0.824. The molecule has 0 amide bonds. The molecule has 3 rings (SSSR count). The van der Waals surface area contributed by atoms with Crippen LogP contribution in [0.4, 0.5) is 4.39 Å². The summed E-state index contributed by atoms with van der Waals surface area (Å²) in [6, 6.07) is 11.1. The molecule has 1 N–H and O–H groups in total. The second-order valence-corrected chi connectivity index (χ2v) is 7.57. The van der Waals surface area contributed by atoms with Gasteiger partial charge in [0.2, 0.25) is 0 Å². The van der Waals surface area contributed by atoms with Gasteiger partial charge in [-0.15, -0.1) is 0 Å². The summed E-state index contributed by atoms with van der Waals surface area (Å²) < 4.78 is 20.2. The van der Waals surface area contributed by atoms with Gasteiger partial charge < -0.3 is 9.84 Å². The Hall–Kier alpha value is -1.92. The number of carboxylic acids is 1. The van der Waals surface area contributed by atoms with Gasteiger partial charge in [0.25, 0.3) is 0 Å². The molecule has 2 atom stereocenters. The number of nitrogens with zero attached hydrogens (tertiary/aromatic N) is 1. The van der Waals surface area contributed by atoms with Crippen LogP contribution in [-0.4, -0.2) is 35.2 Å². The monoisotopic (exact) mass is 435 g/mol. The van der Waals surface area contributed by atoms with Crippen LogP contribution in [-0.2, 0) is 4.79 Å². The van der Waals surface area contributed by atoms with Crippen LogP contribution in [0.15, 0.2) is 46.9 Å². The molecule has 1 heterocycles. The first-order chi connectivity index (χ1) is 13.0. The van der Waals surface area contributed by atoms with E-state index in [-0.39, 0.29) is 11.9 Å². The molecule has 1 fully saturated rings. The Morgan fingerprint density at radius 3 is 2.70 bits per heavy atom. The number of carboxylic acid groups (broad SMARTS) is 1. The van der Waals surface area contributed by atoms with Crippen molar-refractivity contribution in [2.45, 2.75) is 38.3 Å². The van der Waals surface area contributed by atoms with Gasteiger partial charge >= 0.3 is 5.97 Å². The van der Waals surface area contributed by atoms with Crippen molar-refractivity contribution in [3.63, 3.8) is 0 Å².